The summed E-state index contributed by atoms with van der Waals surface area (Å²) in [6, 6.07) is 19.9. The maximum Gasteiger partial charge on any atom is 0.331 e. The molecule has 1 aromatic heterocycles. The van der Waals surface area contributed by atoms with Crippen molar-refractivity contribution in [2.45, 2.75) is 36.6 Å². The molecule has 0 saturated carbocycles. The second kappa shape index (κ2) is 7.31. The van der Waals surface area contributed by atoms with E-state index in [9.17, 15) is 9.35 Å². The molecule has 3 aromatic carbocycles. The van der Waals surface area contributed by atoms with Crippen molar-refractivity contribution < 1.29 is 14.2 Å². The Kier molecular flexibility index (Phi) is 4.60. The maximum atomic E-state index is 13.1. The molecule has 4 aromatic rings. The lowest BCUT2D eigenvalue weighted by Crippen LogP contribution is -2.15. The summed E-state index contributed by atoms with van der Waals surface area (Å²) in [4.78, 5) is 17.7. The van der Waals surface area contributed by atoms with Gasteiger partial charge in [0.05, 0.1) is 11.2 Å². The zero-order valence-corrected chi connectivity index (χ0v) is 17.5. The standard InChI is InChI=1S/C24H20N2O3S/c1-15-6-8-17(9-7-15)30(28)18-10-11-23-21(14-18)19-4-3-5-20-22(25-29-16(2)27)12-13-26(23)24(19)20/h3-11,14H,12-13H2,1-2H3/b25-22+. The Hall–Kier alpha value is -3.09. The Bertz CT molecular complexity index is 1320. The summed E-state index contributed by atoms with van der Waals surface area (Å²) in [7, 11) is 0. The maximum absolute atomic E-state index is 13.1. The molecule has 0 bridgehead atoms. The normalized spacial score (nSPS) is 15.6. The monoisotopic (exact) mass is 416 g/mol. The third-order valence-corrected chi connectivity index (χ3v) is 6.85. The van der Waals surface area contributed by atoms with Crippen LogP contribution < -0.4 is 0 Å². The second-order valence-corrected chi connectivity index (χ2v) is 8.97. The lowest BCUT2D eigenvalue weighted by Gasteiger charge is -2.17. The minimum absolute atomic E-state index is 0.427. The van der Waals surface area contributed by atoms with Crippen molar-refractivity contribution in [3.05, 3.63) is 71.8 Å². The summed E-state index contributed by atoms with van der Waals surface area (Å²) in [5.74, 6) is -0.427. The van der Waals surface area contributed by atoms with Crippen LogP contribution in [-0.4, -0.2) is 20.8 Å². The molecule has 0 saturated heterocycles. The minimum Gasteiger partial charge on any atom is -0.606 e. The van der Waals surface area contributed by atoms with Gasteiger partial charge in [-0.1, -0.05) is 41.1 Å². The van der Waals surface area contributed by atoms with Crippen molar-refractivity contribution in [2.75, 3.05) is 0 Å². The topological polar surface area (TPSA) is 66.6 Å². The zero-order valence-electron chi connectivity index (χ0n) is 16.7. The van der Waals surface area contributed by atoms with Crippen LogP contribution in [0.1, 0.15) is 24.5 Å². The van der Waals surface area contributed by atoms with E-state index in [1.165, 1.54) is 6.92 Å². The quantitative estimate of drug-likeness (QED) is 0.270. The number of rotatable bonds is 3. The molecule has 0 fully saturated rings. The number of carbonyl (C=O) groups excluding carboxylic acids is 1. The van der Waals surface area contributed by atoms with Crippen molar-refractivity contribution in [3.8, 4) is 0 Å². The van der Waals surface area contributed by atoms with Gasteiger partial charge in [0.25, 0.3) is 0 Å². The van der Waals surface area contributed by atoms with E-state index in [-0.39, 0.29) is 0 Å². The number of fused-ring (bicyclic) bond motifs is 3. The number of nitrogens with zero attached hydrogens (tertiary/aromatic N) is 2. The van der Waals surface area contributed by atoms with Gasteiger partial charge in [0, 0.05) is 59.0 Å². The molecule has 0 aliphatic carbocycles. The van der Waals surface area contributed by atoms with Crippen LogP contribution in [0.25, 0.3) is 21.8 Å². The number of hydrogen-bond acceptors (Lipinski definition) is 4. The molecule has 0 amide bonds. The number of aromatic nitrogens is 1. The summed E-state index contributed by atoms with van der Waals surface area (Å²) in [5.41, 5.74) is 5.06. The molecule has 1 aliphatic rings. The SMILES string of the molecule is CC(=O)O/N=C1\CCn2c3ccc([S+]([O-])c4ccc(C)cc4)cc3c3cccc1c32. The van der Waals surface area contributed by atoms with E-state index >= 15 is 0 Å². The first-order valence-corrected chi connectivity index (χ1v) is 11.0. The van der Waals surface area contributed by atoms with E-state index in [4.69, 9.17) is 4.84 Å². The summed E-state index contributed by atoms with van der Waals surface area (Å²) >= 11 is -1.24. The molecule has 5 nitrogen and oxygen atoms in total. The molecule has 0 N–H and O–H groups in total. The van der Waals surface area contributed by atoms with Crippen molar-refractivity contribution in [2.24, 2.45) is 5.16 Å². The number of hydrogen-bond donors (Lipinski definition) is 0. The summed E-state index contributed by atoms with van der Waals surface area (Å²) < 4.78 is 15.4. The average molecular weight is 417 g/mol. The van der Waals surface area contributed by atoms with Crippen LogP contribution in [0.3, 0.4) is 0 Å². The Morgan fingerprint density at radius 3 is 2.60 bits per heavy atom. The molecule has 1 aliphatic heterocycles. The van der Waals surface area contributed by atoms with Gasteiger partial charge in [-0.2, -0.15) is 0 Å². The van der Waals surface area contributed by atoms with E-state index in [1.54, 1.807) is 0 Å². The van der Waals surface area contributed by atoms with Crippen molar-refractivity contribution in [1.82, 2.24) is 4.57 Å². The lowest BCUT2D eigenvalue weighted by molar-refractivity contribution is -0.140. The largest absolute Gasteiger partial charge is 0.606 e. The molecule has 150 valence electrons. The average Bonchev–Trinajstić information content (AvgIpc) is 3.08. The Balaban J connectivity index is 1.66. The molecule has 1 unspecified atom stereocenters. The van der Waals surface area contributed by atoms with Crippen molar-refractivity contribution in [1.29, 1.82) is 0 Å². The number of aryl methyl sites for hydroxylation is 2. The van der Waals surface area contributed by atoms with E-state index in [2.05, 4.69) is 21.9 Å². The highest BCUT2D eigenvalue weighted by Crippen LogP contribution is 2.36. The number of benzene rings is 3. The van der Waals surface area contributed by atoms with Gasteiger partial charge in [-0.15, -0.1) is 0 Å². The number of para-hydroxylation sites is 1. The van der Waals surface area contributed by atoms with Gasteiger partial charge in [-0.3, -0.25) is 0 Å². The van der Waals surface area contributed by atoms with Crippen LogP contribution in [0.2, 0.25) is 0 Å². The van der Waals surface area contributed by atoms with Gasteiger partial charge in [-0.25, -0.2) is 4.79 Å². The fraction of sp³-hybridized carbons (Fsp3) is 0.167. The Labute approximate surface area is 177 Å². The third kappa shape index (κ3) is 3.09. The van der Waals surface area contributed by atoms with Gasteiger partial charge < -0.3 is 14.0 Å². The fourth-order valence-electron chi connectivity index (χ4n) is 4.08. The molecule has 30 heavy (non-hydrogen) atoms. The Morgan fingerprint density at radius 1 is 1.07 bits per heavy atom. The lowest BCUT2D eigenvalue weighted by atomic mass is 10.0. The smallest absolute Gasteiger partial charge is 0.331 e. The Morgan fingerprint density at radius 2 is 1.83 bits per heavy atom. The molecule has 1 atom stereocenters. The molecule has 6 heteroatoms. The van der Waals surface area contributed by atoms with Crippen LogP contribution in [0.4, 0.5) is 0 Å². The number of carbonyl (C=O) groups is 1. The first kappa shape index (κ1) is 18.9. The first-order valence-electron chi connectivity index (χ1n) is 9.81. The van der Waals surface area contributed by atoms with E-state index in [0.29, 0.717) is 6.42 Å². The van der Waals surface area contributed by atoms with Crippen molar-refractivity contribution >= 4 is 44.7 Å². The van der Waals surface area contributed by atoms with Crippen LogP contribution >= 0.6 is 0 Å². The molecule has 0 spiro atoms. The van der Waals surface area contributed by atoms with Crippen LogP contribution in [0, 0.1) is 6.92 Å². The van der Waals surface area contributed by atoms with E-state index in [1.807, 2.05) is 55.5 Å². The van der Waals surface area contributed by atoms with Crippen molar-refractivity contribution in [3.63, 3.8) is 0 Å². The van der Waals surface area contributed by atoms with Crippen LogP contribution in [0.5, 0.6) is 0 Å². The molecular weight excluding hydrogens is 396 g/mol. The van der Waals surface area contributed by atoms with Gasteiger partial charge in [-0.05, 0) is 31.2 Å². The predicted octanol–water partition coefficient (Wildman–Crippen LogP) is 4.94. The summed E-state index contributed by atoms with van der Waals surface area (Å²) in [5, 5.41) is 6.23. The zero-order chi connectivity index (χ0) is 20.8. The second-order valence-electron chi connectivity index (χ2n) is 7.48. The minimum atomic E-state index is -1.24. The highest BCUT2D eigenvalue weighted by molar-refractivity contribution is 7.91. The molecular formula is C24H20N2O3S. The van der Waals surface area contributed by atoms with Crippen LogP contribution in [-0.2, 0) is 27.4 Å². The molecule has 5 rings (SSSR count). The van der Waals surface area contributed by atoms with Gasteiger partial charge in [0.15, 0.2) is 9.79 Å². The first-order chi connectivity index (χ1) is 14.5. The van der Waals surface area contributed by atoms with Gasteiger partial charge >= 0.3 is 5.97 Å². The number of oxime groups is 1. The molecule has 0 radical (unpaired) electrons. The van der Waals surface area contributed by atoms with E-state index < -0.39 is 17.1 Å². The van der Waals surface area contributed by atoms with Gasteiger partial charge in [0.2, 0.25) is 0 Å². The summed E-state index contributed by atoms with van der Waals surface area (Å²) in [6.07, 6.45) is 0.681. The van der Waals surface area contributed by atoms with Crippen LogP contribution in [0.15, 0.2) is 75.6 Å². The van der Waals surface area contributed by atoms with Gasteiger partial charge in [0.1, 0.15) is 0 Å². The van der Waals surface area contributed by atoms with E-state index in [0.717, 1.165) is 55.0 Å². The molecule has 2 heterocycles. The highest BCUT2D eigenvalue weighted by Gasteiger charge is 2.24. The fourth-order valence-corrected chi connectivity index (χ4v) is 5.16. The highest BCUT2D eigenvalue weighted by atomic mass is 32.2. The third-order valence-electron chi connectivity index (χ3n) is 5.47. The summed E-state index contributed by atoms with van der Waals surface area (Å²) in [6.45, 7) is 4.11. The predicted molar refractivity (Wildman–Crippen MR) is 118 cm³/mol.